The van der Waals surface area contributed by atoms with Crippen LogP contribution in [-0.2, 0) is 20.9 Å². The molecule has 1 atom stereocenters. The summed E-state index contributed by atoms with van der Waals surface area (Å²) >= 11 is 1.82. The van der Waals surface area contributed by atoms with Gasteiger partial charge in [0.25, 0.3) is 5.91 Å². The summed E-state index contributed by atoms with van der Waals surface area (Å²) in [5, 5.41) is 2.37. The lowest BCUT2D eigenvalue weighted by Gasteiger charge is -2.29. The maximum absolute atomic E-state index is 13.0. The van der Waals surface area contributed by atoms with Gasteiger partial charge in [-0.2, -0.15) is 0 Å². The lowest BCUT2D eigenvalue weighted by Crippen LogP contribution is -2.52. The van der Waals surface area contributed by atoms with E-state index in [2.05, 4.69) is 16.3 Å². The first kappa shape index (κ1) is 27.1. The fraction of sp³-hybridized carbons (Fsp3) is 0.679. The first-order chi connectivity index (χ1) is 17.6. The van der Waals surface area contributed by atoms with Crippen LogP contribution in [0.2, 0.25) is 0 Å². The quantitative estimate of drug-likeness (QED) is 0.225. The molecule has 1 unspecified atom stereocenters. The molecular weight excluding hydrogens is 474 g/mol. The van der Waals surface area contributed by atoms with Gasteiger partial charge >= 0.3 is 0 Å². The fourth-order valence-electron chi connectivity index (χ4n) is 5.37. The zero-order valence-electron chi connectivity index (χ0n) is 21.5. The number of hydrogen-bond acceptors (Lipinski definition) is 6. The Bertz CT molecular complexity index is 903. The zero-order valence-corrected chi connectivity index (χ0v) is 22.3. The number of nitrogens with one attached hydrogen (secondary N) is 1. The third kappa shape index (κ3) is 7.56. The number of rotatable bonds is 14. The number of piperidine rings is 1. The van der Waals surface area contributed by atoms with Crippen molar-refractivity contribution < 1.29 is 19.1 Å². The molecule has 1 aromatic rings. The van der Waals surface area contributed by atoms with Crippen molar-refractivity contribution in [2.24, 2.45) is 0 Å². The van der Waals surface area contributed by atoms with Crippen molar-refractivity contribution in [1.82, 2.24) is 15.1 Å². The van der Waals surface area contributed by atoms with Crippen LogP contribution in [0.25, 0.3) is 0 Å². The van der Waals surface area contributed by atoms with Crippen molar-refractivity contribution >= 4 is 29.5 Å². The second kappa shape index (κ2) is 14.1. The zero-order chi connectivity index (χ0) is 25.2. The van der Waals surface area contributed by atoms with Gasteiger partial charge in [0.15, 0.2) is 0 Å². The molecule has 0 radical (unpaired) electrons. The average Bonchev–Trinajstić information content (AvgIpc) is 3.22. The molecule has 1 N–H and O–H groups in total. The van der Waals surface area contributed by atoms with E-state index in [-0.39, 0.29) is 24.1 Å². The number of fused-ring (bicyclic) bond motifs is 1. The van der Waals surface area contributed by atoms with E-state index in [1.807, 2.05) is 23.9 Å². The Morgan fingerprint density at radius 1 is 0.917 bits per heavy atom. The number of nitrogens with zero attached hydrogens (tertiary/aromatic N) is 2. The fourth-order valence-corrected chi connectivity index (χ4v) is 6.47. The largest absolute Gasteiger partial charge is 0.379 e. The summed E-state index contributed by atoms with van der Waals surface area (Å²) in [5.74, 6) is 0.346. The topological polar surface area (TPSA) is 79.0 Å². The number of thioether (sulfide) groups is 1. The minimum absolute atomic E-state index is 0.0944. The molecule has 3 heterocycles. The van der Waals surface area contributed by atoms with Gasteiger partial charge in [0, 0.05) is 36.5 Å². The summed E-state index contributed by atoms with van der Waals surface area (Å²) in [7, 11) is 0. The van der Waals surface area contributed by atoms with Crippen molar-refractivity contribution in [2.45, 2.75) is 88.1 Å². The van der Waals surface area contributed by atoms with Gasteiger partial charge in [0.1, 0.15) is 6.04 Å². The van der Waals surface area contributed by atoms with Gasteiger partial charge in [-0.05, 0) is 49.3 Å². The summed E-state index contributed by atoms with van der Waals surface area (Å²) in [5.41, 5.74) is 1.74. The number of imide groups is 1. The van der Waals surface area contributed by atoms with Crippen molar-refractivity contribution in [2.75, 3.05) is 38.6 Å². The standard InChI is InChI=1S/C28H41N3O4S/c32-26-14-13-24(27(33)29-26)31-21-23-22(28(31)34)11-10-12-25(23)36-20-9-7-5-3-1-2-4-6-8-15-30-16-18-35-19-17-30/h10-12,24H,1-9,13-21H2,(H,29,32,33). The summed E-state index contributed by atoms with van der Waals surface area (Å²) < 4.78 is 5.40. The first-order valence-electron chi connectivity index (χ1n) is 13.8. The number of ether oxygens (including phenoxy) is 1. The van der Waals surface area contributed by atoms with Crippen molar-refractivity contribution in [1.29, 1.82) is 0 Å². The molecule has 8 heteroatoms. The molecule has 3 aliphatic heterocycles. The predicted molar refractivity (Wildman–Crippen MR) is 142 cm³/mol. The van der Waals surface area contributed by atoms with E-state index in [0.717, 1.165) is 42.5 Å². The monoisotopic (exact) mass is 515 g/mol. The number of unbranched alkanes of at least 4 members (excludes halogenated alkanes) is 8. The Kier molecular flexibility index (Phi) is 10.7. The molecule has 2 saturated heterocycles. The van der Waals surface area contributed by atoms with Gasteiger partial charge < -0.3 is 9.64 Å². The van der Waals surface area contributed by atoms with Gasteiger partial charge in [-0.25, -0.2) is 0 Å². The van der Waals surface area contributed by atoms with Crippen LogP contribution < -0.4 is 5.32 Å². The second-order valence-corrected chi connectivity index (χ2v) is 11.3. The molecule has 4 rings (SSSR count). The third-order valence-corrected chi connectivity index (χ3v) is 8.71. The molecule has 1 aromatic carbocycles. The lowest BCUT2D eigenvalue weighted by molar-refractivity contribution is -0.136. The van der Waals surface area contributed by atoms with Gasteiger partial charge in [0.2, 0.25) is 11.8 Å². The Morgan fingerprint density at radius 3 is 2.33 bits per heavy atom. The summed E-state index contributed by atoms with van der Waals surface area (Å²) in [6.45, 7) is 5.68. The normalized spacial score (nSPS) is 20.6. The van der Waals surface area contributed by atoms with Gasteiger partial charge in [-0.15, -0.1) is 11.8 Å². The molecule has 198 valence electrons. The molecule has 2 fully saturated rings. The molecule has 3 aliphatic rings. The molecular formula is C28H41N3O4S. The highest BCUT2D eigenvalue weighted by molar-refractivity contribution is 7.99. The van der Waals surface area contributed by atoms with Crippen molar-refractivity contribution in [3.05, 3.63) is 29.3 Å². The van der Waals surface area contributed by atoms with E-state index < -0.39 is 6.04 Å². The van der Waals surface area contributed by atoms with E-state index >= 15 is 0 Å². The van der Waals surface area contributed by atoms with Gasteiger partial charge in [-0.3, -0.25) is 24.6 Å². The van der Waals surface area contributed by atoms with Crippen LogP contribution in [0.4, 0.5) is 0 Å². The molecule has 36 heavy (non-hydrogen) atoms. The number of carbonyl (C=O) groups excluding carboxylic acids is 3. The molecule has 7 nitrogen and oxygen atoms in total. The van der Waals surface area contributed by atoms with Crippen LogP contribution in [0.5, 0.6) is 0 Å². The third-order valence-electron chi connectivity index (χ3n) is 7.52. The van der Waals surface area contributed by atoms with Crippen LogP contribution in [-0.4, -0.2) is 72.2 Å². The van der Waals surface area contributed by atoms with E-state index in [1.165, 1.54) is 64.3 Å². The number of amides is 3. The number of morpholine rings is 1. The highest BCUT2D eigenvalue weighted by Gasteiger charge is 2.39. The van der Waals surface area contributed by atoms with E-state index in [0.29, 0.717) is 18.5 Å². The highest BCUT2D eigenvalue weighted by Crippen LogP contribution is 2.34. The highest BCUT2D eigenvalue weighted by atomic mass is 32.2. The smallest absolute Gasteiger partial charge is 0.255 e. The van der Waals surface area contributed by atoms with Crippen molar-refractivity contribution in [3.63, 3.8) is 0 Å². The number of hydrogen-bond donors (Lipinski definition) is 1. The Labute approximate surface area is 219 Å². The molecule has 0 aliphatic carbocycles. The van der Waals surface area contributed by atoms with Crippen LogP contribution in [0.3, 0.4) is 0 Å². The van der Waals surface area contributed by atoms with E-state index in [4.69, 9.17) is 4.74 Å². The number of benzene rings is 1. The Morgan fingerprint density at radius 2 is 1.61 bits per heavy atom. The van der Waals surface area contributed by atoms with Crippen LogP contribution in [0.1, 0.15) is 86.6 Å². The Balaban J connectivity index is 1.07. The molecule has 0 aromatic heterocycles. The second-order valence-electron chi connectivity index (χ2n) is 10.2. The summed E-state index contributed by atoms with van der Waals surface area (Å²) in [4.78, 5) is 42.0. The average molecular weight is 516 g/mol. The van der Waals surface area contributed by atoms with Crippen molar-refractivity contribution in [3.8, 4) is 0 Å². The van der Waals surface area contributed by atoms with Crippen LogP contribution >= 0.6 is 11.8 Å². The van der Waals surface area contributed by atoms with Crippen LogP contribution in [0.15, 0.2) is 23.1 Å². The van der Waals surface area contributed by atoms with Gasteiger partial charge in [0.05, 0.1) is 13.2 Å². The molecule has 0 saturated carbocycles. The SMILES string of the molecule is O=C1CCC(N2Cc3c(SCCCCCCCCCCCN4CCOCC4)cccc3C2=O)C(=O)N1. The minimum atomic E-state index is -0.551. The number of carbonyl (C=O) groups is 3. The molecule has 3 amide bonds. The lowest BCUT2D eigenvalue weighted by atomic mass is 10.0. The maximum atomic E-state index is 13.0. The molecule has 0 spiro atoms. The maximum Gasteiger partial charge on any atom is 0.255 e. The first-order valence-corrected chi connectivity index (χ1v) is 14.8. The summed E-state index contributed by atoms with van der Waals surface area (Å²) in [6, 6.07) is 5.33. The minimum Gasteiger partial charge on any atom is -0.379 e. The predicted octanol–water partition coefficient (Wildman–Crippen LogP) is 4.38. The van der Waals surface area contributed by atoms with Crippen LogP contribution in [0, 0.1) is 0 Å². The van der Waals surface area contributed by atoms with E-state index in [1.54, 1.807) is 4.90 Å². The summed E-state index contributed by atoms with van der Waals surface area (Å²) in [6.07, 6.45) is 12.5. The molecule has 0 bridgehead atoms. The Hall–Kier alpha value is -1.90. The van der Waals surface area contributed by atoms with E-state index in [9.17, 15) is 14.4 Å². The van der Waals surface area contributed by atoms with Gasteiger partial charge in [-0.1, -0.05) is 51.0 Å².